The molecule has 2 aliphatic heterocycles. The highest BCUT2D eigenvalue weighted by atomic mass is 32.2. The van der Waals surface area contributed by atoms with Crippen LogP contribution in [0.5, 0.6) is 5.88 Å². The molecule has 6 bridgehead atoms. The van der Waals surface area contributed by atoms with Gasteiger partial charge < -0.3 is 15.0 Å². The molecule has 0 aliphatic carbocycles. The van der Waals surface area contributed by atoms with Gasteiger partial charge in [0.2, 0.25) is 11.8 Å². The number of aromatic nitrogens is 2. The zero-order valence-electron chi connectivity index (χ0n) is 18.9. The lowest BCUT2D eigenvalue weighted by molar-refractivity contribution is 0.0693. The van der Waals surface area contributed by atoms with Gasteiger partial charge in [0.1, 0.15) is 6.10 Å². The number of carbonyl (C=O) groups excluding carboxylic acids is 1. The van der Waals surface area contributed by atoms with Crippen molar-refractivity contribution in [2.24, 2.45) is 0 Å². The minimum absolute atomic E-state index is 0.0364. The third-order valence-electron chi connectivity index (χ3n) is 5.99. The topological polar surface area (TPSA) is 114 Å². The van der Waals surface area contributed by atoms with E-state index in [9.17, 15) is 13.2 Å². The van der Waals surface area contributed by atoms with E-state index in [0.29, 0.717) is 37.4 Å². The number of anilines is 1. The van der Waals surface area contributed by atoms with Gasteiger partial charge in [0, 0.05) is 36.8 Å². The summed E-state index contributed by atoms with van der Waals surface area (Å²) in [5.41, 5.74) is 3.73. The van der Waals surface area contributed by atoms with Crippen LogP contribution in [0, 0.1) is 13.8 Å². The van der Waals surface area contributed by atoms with E-state index in [2.05, 4.69) is 20.0 Å². The van der Waals surface area contributed by atoms with Crippen molar-refractivity contribution in [1.29, 1.82) is 0 Å². The molecule has 1 saturated heterocycles. The van der Waals surface area contributed by atoms with Gasteiger partial charge >= 0.3 is 0 Å². The van der Waals surface area contributed by atoms with Gasteiger partial charge in [0.25, 0.3) is 15.9 Å². The SMILES string of the molecule is Cc1cccc(C)c1-c1cc2nc(n1)NS(=O)(=O)c1cccc(c1)C(=O)N1CCNC[C@H](C1)O2. The lowest BCUT2D eigenvalue weighted by Gasteiger charge is -2.24. The van der Waals surface area contributed by atoms with E-state index in [1.54, 1.807) is 23.1 Å². The second-order valence-electron chi connectivity index (χ2n) is 8.51. The summed E-state index contributed by atoms with van der Waals surface area (Å²) in [6.07, 6.45) is -0.374. The number of hydrogen-bond acceptors (Lipinski definition) is 7. The summed E-state index contributed by atoms with van der Waals surface area (Å²) in [5, 5.41) is 3.30. The monoisotopic (exact) mass is 479 g/mol. The number of hydrogen-bond donors (Lipinski definition) is 2. The fraction of sp³-hybridized carbons (Fsp3) is 0.292. The molecule has 2 N–H and O–H groups in total. The van der Waals surface area contributed by atoms with Gasteiger partial charge in [-0.2, -0.15) is 4.98 Å². The first-order chi connectivity index (χ1) is 16.3. The first-order valence-corrected chi connectivity index (χ1v) is 12.5. The number of benzene rings is 2. The average molecular weight is 480 g/mol. The van der Waals surface area contributed by atoms with E-state index in [4.69, 9.17) is 4.74 Å². The molecule has 10 heteroatoms. The Morgan fingerprint density at radius 2 is 1.82 bits per heavy atom. The number of ether oxygens (including phenoxy) is 1. The zero-order chi connectivity index (χ0) is 23.9. The van der Waals surface area contributed by atoms with Crippen LogP contribution in [0.25, 0.3) is 11.3 Å². The van der Waals surface area contributed by atoms with Gasteiger partial charge in [-0.15, -0.1) is 0 Å². The van der Waals surface area contributed by atoms with Crippen LogP contribution in [0.4, 0.5) is 5.95 Å². The Bertz CT molecular complexity index is 1360. The van der Waals surface area contributed by atoms with E-state index in [1.165, 1.54) is 12.1 Å². The maximum Gasteiger partial charge on any atom is 0.264 e. The molecule has 176 valence electrons. The molecule has 0 spiro atoms. The average Bonchev–Trinajstić information content (AvgIpc) is 3.03. The Kier molecular flexibility index (Phi) is 5.70. The van der Waals surface area contributed by atoms with Crippen LogP contribution in [0.3, 0.4) is 0 Å². The predicted octanol–water partition coefficient (Wildman–Crippen LogP) is 2.37. The molecule has 0 unspecified atom stereocenters. The molecular formula is C24H25N5O4S. The van der Waals surface area contributed by atoms with Crippen molar-refractivity contribution in [3.05, 3.63) is 65.2 Å². The standard InChI is InChI=1S/C24H25N5O4S/c1-15-5-3-6-16(2)22(15)20-12-21-27-24(26-20)28-34(31,32)19-8-4-7-17(11-19)23(30)29-10-9-25-13-18(14-29)33-21/h3-8,11-12,18,25H,9-10,13-14H2,1-2H3,(H,26,27,28)/t18-/m1/s1. The smallest absolute Gasteiger partial charge is 0.264 e. The minimum atomic E-state index is -4.04. The number of nitrogens with one attached hydrogen (secondary N) is 2. The van der Waals surface area contributed by atoms with Gasteiger partial charge in [-0.05, 0) is 43.2 Å². The summed E-state index contributed by atoms with van der Waals surface area (Å²) in [4.78, 5) is 23.7. The van der Waals surface area contributed by atoms with Crippen LogP contribution in [0.15, 0.2) is 53.4 Å². The summed E-state index contributed by atoms with van der Waals surface area (Å²) in [6.45, 7) is 5.90. The highest BCUT2D eigenvalue weighted by molar-refractivity contribution is 7.92. The maximum atomic E-state index is 13.2. The van der Waals surface area contributed by atoms with Crippen molar-refractivity contribution in [2.45, 2.75) is 24.8 Å². The van der Waals surface area contributed by atoms with Crippen LogP contribution >= 0.6 is 0 Å². The summed E-state index contributed by atoms with van der Waals surface area (Å²) >= 11 is 0. The molecule has 1 amide bonds. The van der Waals surface area contributed by atoms with Crippen molar-refractivity contribution in [3.63, 3.8) is 0 Å². The molecule has 3 heterocycles. The summed E-state index contributed by atoms with van der Waals surface area (Å²) in [5.74, 6) is -0.107. The van der Waals surface area contributed by atoms with Gasteiger partial charge in [0.15, 0.2) is 0 Å². The lowest BCUT2D eigenvalue weighted by Crippen LogP contribution is -2.40. The molecule has 0 saturated carbocycles. The molecule has 1 atom stereocenters. The third-order valence-corrected chi connectivity index (χ3v) is 7.31. The summed E-state index contributed by atoms with van der Waals surface area (Å²) in [7, 11) is -4.04. The van der Waals surface area contributed by atoms with E-state index in [0.717, 1.165) is 16.7 Å². The van der Waals surface area contributed by atoms with Gasteiger partial charge in [0.05, 0.1) is 17.1 Å². The first kappa shape index (κ1) is 22.3. The largest absolute Gasteiger partial charge is 0.471 e. The predicted molar refractivity (Wildman–Crippen MR) is 127 cm³/mol. The fourth-order valence-electron chi connectivity index (χ4n) is 4.35. The molecule has 0 radical (unpaired) electrons. The maximum absolute atomic E-state index is 13.2. The Morgan fingerprint density at radius 1 is 1.06 bits per heavy atom. The van der Waals surface area contributed by atoms with Crippen molar-refractivity contribution in [1.82, 2.24) is 20.2 Å². The first-order valence-electron chi connectivity index (χ1n) is 11.1. The van der Waals surface area contributed by atoms with Crippen molar-refractivity contribution < 1.29 is 17.9 Å². The van der Waals surface area contributed by atoms with Crippen LogP contribution in [0.2, 0.25) is 0 Å². The van der Waals surface area contributed by atoms with Gasteiger partial charge in [-0.3, -0.25) is 4.79 Å². The van der Waals surface area contributed by atoms with E-state index in [-0.39, 0.29) is 28.7 Å². The van der Waals surface area contributed by atoms with E-state index in [1.807, 2.05) is 32.0 Å². The van der Waals surface area contributed by atoms with Crippen molar-refractivity contribution in [2.75, 3.05) is 30.9 Å². The molecule has 2 aromatic carbocycles. The van der Waals surface area contributed by atoms with E-state index >= 15 is 0 Å². The normalized spacial score (nSPS) is 19.5. The van der Waals surface area contributed by atoms with Crippen LogP contribution in [0.1, 0.15) is 21.5 Å². The number of nitrogens with zero attached hydrogens (tertiary/aromatic N) is 3. The highest BCUT2D eigenvalue weighted by Gasteiger charge is 2.27. The third kappa shape index (κ3) is 4.34. The summed E-state index contributed by atoms with van der Waals surface area (Å²) < 4.78 is 35.0. The molecular weight excluding hydrogens is 454 g/mol. The number of amides is 1. The van der Waals surface area contributed by atoms with Crippen LogP contribution in [-0.4, -0.2) is 61.5 Å². The van der Waals surface area contributed by atoms with Crippen molar-refractivity contribution >= 4 is 21.9 Å². The number of aryl methyl sites for hydroxylation is 2. The zero-order valence-corrected chi connectivity index (χ0v) is 19.7. The Labute approximate surface area is 198 Å². The lowest BCUT2D eigenvalue weighted by atomic mass is 10.00. The second-order valence-corrected chi connectivity index (χ2v) is 10.2. The van der Waals surface area contributed by atoms with Gasteiger partial charge in [-0.1, -0.05) is 24.3 Å². The number of sulfonamides is 1. The highest BCUT2D eigenvalue weighted by Crippen LogP contribution is 2.30. The van der Waals surface area contributed by atoms with Gasteiger partial charge in [-0.25, -0.2) is 18.1 Å². The molecule has 34 heavy (non-hydrogen) atoms. The van der Waals surface area contributed by atoms with E-state index < -0.39 is 10.0 Å². The van der Waals surface area contributed by atoms with Crippen molar-refractivity contribution in [3.8, 4) is 17.1 Å². The Hall–Kier alpha value is -3.50. The Balaban J connectivity index is 1.68. The Morgan fingerprint density at radius 3 is 2.62 bits per heavy atom. The number of rotatable bonds is 1. The molecule has 9 nitrogen and oxygen atoms in total. The molecule has 1 aromatic heterocycles. The molecule has 2 aliphatic rings. The summed E-state index contributed by atoms with van der Waals surface area (Å²) in [6, 6.07) is 13.6. The minimum Gasteiger partial charge on any atom is -0.471 e. The van der Waals surface area contributed by atoms with Crippen LogP contribution in [-0.2, 0) is 10.0 Å². The number of fused-ring (bicyclic) bond motifs is 6. The van der Waals surface area contributed by atoms with Crippen LogP contribution < -0.4 is 14.8 Å². The molecule has 5 rings (SSSR count). The number of carbonyl (C=O) groups is 1. The molecule has 3 aromatic rings. The molecule has 1 fully saturated rings. The quantitative estimate of drug-likeness (QED) is 0.551. The fourth-order valence-corrected chi connectivity index (χ4v) is 5.34. The second kappa shape index (κ2) is 8.69.